The lowest BCUT2D eigenvalue weighted by atomic mass is 10.3. The molecule has 0 aromatic carbocycles. The number of carbonyl (C=O) groups is 2. The van der Waals surface area contributed by atoms with Crippen LogP contribution in [0, 0.1) is 0 Å². The van der Waals surface area contributed by atoms with Gasteiger partial charge in [-0.15, -0.1) is 0 Å². The monoisotopic (exact) mass is 277 g/mol. The largest absolute Gasteiger partial charge is 0.344 e. The Morgan fingerprint density at radius 3 is 2.60 bits per heavy atom. The normalized spacial score (nSPS) is 10.2. The van der Waals surface area contributed by atoms with Crippen molar-refractivity contribution in [3.8, 4) is 0 Å². The number of unbranched alkanes of at least 4 members (excludes halogenated alkanes) is 1. The number of carbonyl (C=O) groups excluding carboxylic acids is 2. The van der Waals surface area contributed by atoms with Gasteiger partial charge in [-0.1, -0.05) is 19.4 Å². The first-order chi connectivity index (χ1) is 9.54. The van der Waals surface area contributed by atoms with Crippen LogP contribution in [-0.2, 0) is 16.1 Å². The summed E-state index contributed by atoms with van der Waals surface area (Å²) < 4.78 is 0. The highest BCUT2D eigenvalue weighted by atomic mass is 16.2. The van der Waals surface area contributed by atoms with Crippen molar-refractivity contribution in [2.45, 2.75) is 33.2 Å². The van der Waals surface area contributed by atoms with Crippen LogP contribution in [0.25, 0.3) is 0 Å². The standard InChI is InChI=1S/C15H23N3O2/c1-4-5-10-17(3)15(20)12-18(13(2)19)11-14-8-6-7-9-16-14/h6-9H,4-5,10-12H2,1-3H3. The molecule has 0 aliphatic heterocycles. The molecule has 0 spiro atoms. The van der Waals surface area contributed by atoms with Crippen molar-refractivity contribution in [2.75, 3.05) is 20.1 Å². The van der Waals surface area contributed by atoms with Gasteiger partial charge in [0.2, 0.25) is 11.8 Å². The minimum absolute atomic E-state index is 0.0374. The van der Waals surface area contributed by atoms with Gasteiger partial charge in [0.05, 0.1) is 12.2 Å². The van der Waals surface area contributed by atoms with Crippen LogP contribution in [0.15, 0.2) is 24.4 Å². The fraction of sp³-hybridized carbons (Fsp3) is 0.533. The molecule has 0 bridgehead atoms. The molecular weight excluding hydrogens is 254 g/mol. The molecular formula is C15H23N3O2. The molecule has 0 fully saturated rings. The number of pyridine rings is 1. The predicted molar refractivity (Wildman–Crippen MR) is 77.9 cm³/mol. The predicted octanol–water partition coefficient (Wildman–Crippen LogP) is 1.69. The quantitative estimate of drug-likeness (QED) is 0.762. The lowest BCUT2D eigenvalue weighted by Gasteiger charge is -2.24. The molecule has 0 aliphatic carbocycles. The highest BCUT2D eigenvalue weighted by Crippen LogP contribution is 2.03. The second-order valence-corrected chi connectivity index (χ2v) is 4.87. The Morgan fingerprint density at radius 2 is 2.05 bits per heavy atom. The Bertz CT molecular complexity index is 434. The zero-order valence-electron chi connectivity index (χ0n) is 12.5. The van der Waals surface area contributed by atoms with Gasteiger partial charge in [0.15, 0.2) is 0 Å². The zero-order valence-corrected chi connectivity index (χ0v) is 12.5. The van der Waals surface area contributed by atoms with Crippen LogP contribution in [0.5, 0.6) is 0 Å². The van der Waals surface area contributed by atoms with E-state index in [1.54, 1.807) is 18.1 Å². The first-order valence-electron chi connectivity index (χ1n) is 6.94. The summed E-state index contributed by atoms with van der Waals surface area (Å²) in [6, 6.07) is 5.54. The van der Waals surface area contributed by atoms with Crippen LogP contribution in [-0.4, -0.2) is 46.7 Å². The van der Waals surface area contributed by atoms with E-state index in [4.69, 9.17) is 0 Å². The Labute approximate surface area is 120 Å². The molecule has 1 heterocycles. The van der Waals surface area contributed by atoms with E-state index in [0.29, 0.717) is 6.54 Å². The van der Waals surface area contributed by atoms with Gasteiger partial charge in [-0.05, 0) is 18.6 Å². The summed E-state index contributed by atoms with van der Waals surface area (Å²) in [5.74, 6) is -0.155. The van der Waals surface area contributed by atoms with Crippen LogP contribution < -0.4 is 0 Å². The maximum absolute atomic E-state index is 12.1. The molecule has 20 heavy (non-hydrogen) atoms. The van der Waals surface area contributed by atoms with Crippen molar-refractivity contribution in [1.29, 1.82) is 0 Å². The molecule has 110 valence electrons. The van der Waals surface area contributed by atoms with E-state index >= 15 is 0 Å². The number of aromatic nitrogens is 1. The van der Waals surface area contributed by atoms with Crippen molar-refractivity contribution in [1.82, 2.24) is 14.8 Å². The maximum atomic E-state index is 12.1. The summed E-state index contributed by atoms with van der Waals surface area (Å²) in [6.07, 6.45) is 3.70. The topological polar surface area (TPSA) is 53.5 Å². The van der Waals surface area contributed by atoms with Crippen molar-refractivity contribution in [3.63, 3.8) is 0 Å². The third-order valence-electron chi connectivity index (χ3n) is 3.12. The van der Waals surface area contributed by atoms with Gasteiger partial charge in [-0.3, -0.25) is 14.6 Å². The molecule has 1 aromatic rings. The summed E-state index contributed by atoms with van der Waals surface area (Å²) in [5, 5.41) is 0. The molecule has 0 unspecified atom stereocenters. The minimum Gasteiger partial charge on any atom is -0.344 e. The van der Waals surface area contributed by atoms with Gasteiger partial charge < -0.3 is 9.80 Å². The van der Waals surface area contributed by atoms with E-state index in [2.05, 4.69) is 11.9 Å². The summed E-state index contributed by atoms with van der Waals surface area (Å²) in [5.41, 5.74) is 0.784. The number of hydrogen-bond acceptors (Lipinski definition) is 3. The molecule has 0 N–H and O–H groups in total. The Balaban J connectivity index is 2.59. The van der Waals surface area contributed by atoms with Gasteiger partial charge in [0, 0.05) is 26.7 Å². The van der Waals surface area contributed by atoms with Gasteiger partial charge >= 0.3 is 0 Å². The highest BCUT2D eigenvalue weighted by Gasteiger charge is 2.17. The SMILES string of the molecule is CCCCN(C)C(=O)CN(Cc1ccccn1)C(C)=O. The van der Waals surface area contributed by atoms with Crippen molar-refractivity contribution in [3.05, 3.63) is 30.1 Å². The van der Waals surface area contributed by atoms with Gasteiger partial charge in [-0.25, -0.2) is 0 Å². The van der Waals surface area contributed by atoms with Crippen LogP contribution in [0.3, 0.4) is 0 Å². The fourth-order valence-electron chi connectivity index (χ4n) is 1.77. The number of nitrogens with zero attached hydrogens (tertiary/aromatic N) is 3. The molecule has 0 saturated heterocycles. The van der Waals surface area contributed by atoms with E-state index in [-0.39, 0.29) is 18.4 Å². The Kier molecular flexibility index (Phi) is 6.70. The molecule has 1 aromatic heterocycles. The maximum Gasteiger partial charge on any atom is 0.241 e. The molecule has 0 atom stereocenters. The third-order valence-corrected chi connectivity index (χ3v) is 3.12. The molecule has 5 nitrogen and oxygen atoms in total. The number of likely N-dealkylation sites (N-methyl/N-ethyl adjacent to an activating group) is 1. The summed E-state index contributed by atoms with van der Waals surface area (Å²) in [7, 11) is 1.77. The van der Waals surface area contributed by atoms with Crippen LogP contribution in [0.2, 0.25) is 0 Å². The first kappa shape index (κ1) is 16.1. The average molecular weight is 277 g/mol. The average Bonchev–Trinajstić information content (AvgIpc) is 2.44. The highest BCUT2D eigenvalue weighted by molar-refractivity contribution is 5.83. The molecule has 5 heteroatoms. The van der Waals surface area contributed by atoms with E-state index in [0.717, 1.165) is 25.1 Å². The fourth-order valence-corrected chi connectivity index (χ4v) is 1.77. The number of amides is 2. The van der Waals surface area contributed by atoms with Gasteiger partial charge in [0.25, 0.3) is 0 Å². The molecule has 2 amide bonds. The summed E-state index contributed by atoms with van der Waals surface area (Å²) >= 11 is 0. The van der Waals surface area contributed by atoms with Crippen molar-refractivity contribution >= 4 is 11.8 Å². The Hall–Kier alpha value is -1.91. The second kappa shape index (κ2) is 8.30. The Morgan fingerprint density at radius 1 is 1.30 bits per heavy atom. The minimum atomic E-state index is -0.118. The van der Waals surface area contributed by atoms with Crippen LogP contribution in [0.1, 0.15) is 32.4 Å². The van der Waals surface area contributed by atoms with E-state index in [9.17, 15) is 9.59 Å². The second-order valence-electron chi connectivity index (χ2n) is 4.87. The zero-order chi connectivity index (χ0) is 15.0. The molecule has 0 saturated carbocycles. The summed E-state index contributed by atoms with van der Waals surface area (Å²) in [6.45, 7) is 4.75. The van der Waals surface area contributed by atoms with Gasteiger partial charge in [0.1, 0.15) is 6.54 Å². The number of hydrogen-bond donors (Lipinski definition) is 0. The lowest BCUT2D eigenvalue weighted by Crippen LogP contribution is -2.40. The molecule has 0 radical (unpaired) electrons. The lowest BCUT2D eigenvalue weighted by molar-refractivity contribution is -0.139. The third kappa shape index (κ3) is 5.38. The molecule has 1 rings (SSSR count). The van der Waals surface area contributed by atoms with E-state index < -0.39 is 0 Å². The van der Waals surface area contributed by atoms with Crippen LogP contribution in [0.4, 0.5) is 0 Å². The first-order valence-corrected chi connectivity index (χ1v) is 6.94. The summed E-state index contributed by atoms with van der Waals surface area (Å²) in [4.78, 5) is 31.1. The van der Waals surface area contributed by atoms with E-state index in [1.807, 2.05) is 18.2 Å². The van der Waals surface area contributed by atoms with E-state index in [1.165, 1.54) is 11.8 Å². The van der Waals surface area contributed by atoms with Crippen LogP contribution >= 0.6 is 0 Å². The van der Waals surface area contributed by atoms with Gasteiger partial charge in [-0.2, -0.15) is 0 Å². The smallest absolute Gasteiger partial charge is 0.241 e. The van der Waals surface area contributed by atoms with Crippen molar-refractivity contribution < 1.29 is 9.59 Å². The number of rotatable bonds is 7. The molecule has 0 aliphatic rings. The van der Waals surface area contributed by atoms with Crippen molar-refractivity contribution in [2.24, 2.45) is 0 Å².